The van der Waals surface area contributed by atoms with Crippen LogP contribution in [0, 0.1) is 0 Å². The summed E-state index contributed by atoms with van der Waals surface area (Å²) in [6, 6.07) is -0.825. The highest BCUT2D eigenvalue weighted by Gasteiger charge is 2.44. The van der Waals surface area contributed by atoms with Crippen LogP contribution in [0.4, 0.5) is 0 Å². The first-order valence-corrected chi connectivity index (χ1v) is 28.7. The van der Waals surface area contributed by atoms with Gasteiger partial charge in [-0.05, 0) is 44.9 Å². The Morgan fingerprint density at radius 3 is 1.25 bits per heavy atom. The first kappa shape index (κ1) is 63.4. The number of allylic oxidation sites excluding steroid dienone is 5. The molecule has 0 aromatic rings. The van der Waals surface area contributed by atoms with Crippen molar-refractivity contribution in [2.24, 2.45) is 0 Å². The third kappa shape index (κ3) is 37.9. The van der Waals surface area contributed by atoms with E-state index in [1.807, 2.05) is 6.08 Å². The molecule has 1 saturated heterocycles. The third-order valence-electron chi connectivity index (χ3n) is 13.7. The molecular weight excluding hydrogens is 839 g/mol. The van der Waals surface area contributed by atoms with E-state index >= 15 is 0 Å². The second-order valence-corrected chi connectivity index (χ2v) is 20.1. The van der Waals surface area contributed by atoms with E-state index in [-0.39, 0.29) is 12.5 Å². The van der Waals surface area contributed by atoms with Crippen LogP contribution in [0.5, 0.6) is 0 Å². The van der Waals surface area contributed by atoms with E-state index in [9.17, 15) is 30.3 Å². The van der Waals surface area contributed by atoms with Crippen molar-refractivity contribution in [1.82, 2.24) is 5.32 Å². The van der Waals surface area contributed by atoms with Crippen LogP contribution in [0.25, 0.3) is 0 Å². The highest BCUT2D eigenvalue weighted by atomic mass is 16.7. The first-order valence-electron chi connectivity index (χ1n) is 28.7. The minimum atomic E-state index is -1.57. The van der Waals surface area contributed by atoms with Gasteiger partial charge in [0.1, 0.15) is 24.4 Å². The Morgan fingerprint density at radius 1 is 0.493 bits per heavy atom. The van der Waals surface area contributed by atoms with Crippen molar-refractivity contribution in [2.75, 3.05) is 13.2 Å². The molecule has 0 spiro atoms. The maximum atomic E-state index is 12.9. The molecule has 0 radical (unpaired) electrons. The molecule has 9 nitrogen and oxygen atoms in total. The number of ether oxygens (including phenoxy) is 2. The van der Waals surface area contributed by atoms with Crippen LogP contribution in [-0.2, 0) is 14.3 Å². The van der Waals surface area contributed by atoms with Crippen LogP contribution in [0.3, 0.4) is 0 Å². The molecule has 0 saturated carbocycles. The van der Waals surface area contributed by atoms with Gasteiger partial charge in [0, 0.05) is 6.42 Å². The molecule has 7 atom stereocenters. The maximum absolute atomic E-state index is 12.9. The van der Waals surface area contributed by atoms with Crippen molar-refractivity contribution < 1.29 is 39.8 Å². The van der Waals surface area contributed by atoms with Gasteiger partial charge in [-0.3, -0.25) is 4.79 Å². The highest BCUT2D eigenvalue weighted by molar-refractivity contribution is 5.76. The van der Waals surface area contributed by atoms with Crippen molar-refractivity contribution in [1.29, 1.82) is 0 Å². The second kappa shape index (κ2) is 48.1. The Kier molecular flexibility index (Phi) is 45.5. The molecule has 0 aromatic heterocycles. The van der Waals surface area contributed by atoms with E-state index in [1.54, 1.807) is 6.08 Å². The van der Waals surface area contributed by atoms with E-state index in [2.05, 4.69) is 43.5 Å². The topological polar surface area (TPSA) is 149 Å². The number of carbonyl (C=O) groups excluding carboxylic acids is 1. The number of carbonyl (C=O) groups is 1. The summed E-state index contributed by atoms with van der Waals surface area (Å²) in [5, 5.41) is 54.3. The molecule has 6 N–H and O–H groups in total. The number of nitrogens with one attached hydrogen (secondary N) is 1. The van der Waals surface area contributed by atoms with Crippen LogP contribution in [0.1, 0.15) is 271 Å². The fourth-order valence-electron chi connectivity index (χ4n) is 9.13. The Balaban J connectivity index is 2.16. The summed E-state index contributed by atoms with van der Waals surface area (Å²) in [4.78, 5) is 12.9. The molecule has 1 fully saturated rings. The summed E-state index contributed by atoms with van der Waals surface area (Å²) in [6.45, 7) is 3.76. The molecule has 394 valence electrons. The minimum Gasteiger partial charge on any atom is -0.394 e. The van der Waals surface area contributed by atoms with Gasteiger partial charge in [-0.2, -0.15) is 0 Å². The monoisotopic (exact) mass is 948 g/mol. The highest BCUT2D eigenvalue weighted by Crippen LogP contribution is 2.23. The quantitative estimate of drug-likeness (QED) is 0.0261. The fraction of sp³-hybridized carbons (Fsp3) is 0.879. The Bertz CT molecular complexity index is 1150. The number of hydrogen-bond acceptors (Lipinski definition) is 8. The Morgan fingerprint density at radius 2 is 0.851 bits per heavy atom. The van der Waals surface area contributed by atoms with E-state index in [0.29, 0.717) is 6.42 Å². The van der Waals surface area contributed by atoms with E-state index < -0.39 is 49.5 Å². The summed E-state index contributed by atoms with van der Waals surface area (Å²) < 4.78 is 11.2. The predicted molar refractivity (Wildman–Crippen MR) is 281 cm³/mol. The summed E-state index contributed by atoms with van der Waals surface area (Å²) in [6.07, 6.45) is 55.3. The lowest BCUT2D eigenvalue weighted by Gasteiger charge is -2.40. The number of hydrogen-bond donors (Lipinski definition) is 6. The zero-order valence-electron chi connectivity index (χ0n) is 43.7. The van der Waals surface area contributed by atoms with Crippen molar-refractivity contribution in [3.8, 4) is 0 Å². The number of rotatable bonds is 49. The lowest BCUT2D eigenvalue weighted by Crippen LogP contribution is -2.60. The average molecular weight is 949 g/mol. The number of aliphatic hydroxyl groups is 5. The van der Waals surface area contributed by atoms with Crippen LogP contribution >= 0.6 is 0 Å². The van der Waals surface area contributed by atoms with Gasteiger partial charge in [-0.1, -0.05) is 256 Å². The Labute approximate surface area is 412 Å². The molecule has 1 aliphatic heterocycles. The lowest BCUT2D eigenvalue weighted by molar-refractivity contribution is -0.302. The van der Waals surface area contributed by atoms with Gasteiger partial charge in [0.25, 0.3) is 0 Å². The largest absolute Gasteiger partial charge is 0.394 e. The third-order valence-corrected chi connectivity index (χ3v) is 13.7. The molecule has 1 rings (SSSR count). The molecule has 0 aromatic carbocycles. The zero-order chi connectivity index (χ0) is 48.7. The average Bonchev–Trinajstić information content (AvgIpc) is 3.33. The molecule has 0 bridgehead atoms. The molecule has 1 heterocycles. The van der Waals surface area contributed by atoms with Crippen LogP contribution in [-0.4, -0.2) is 87.5 Å². The maximum Gasteiger partial charge on any atom is 0.220 e. The summed E-state index contributed by atoms with van der Waals surface area (Å²) >= 11 is 0. The smallest absolute Gasteiger partial charge is 0.220 e. The van der Waals surface area contributed by atoms with Gasteiger partial charge < -0.3 is 40.3 Å². The first-order chi connectivity index (χ1) is 32.8. The molecule has 67 heavy (non-hydrogen) atoms. The Hall–Kier alpha value is -1.59. The van der Waals surface area contributed by atoms with E-state index in [0.717, 1.165) is 44.9 Å². The van der Waals surface area contributed by atoms with Gasteiger partial charge >= 0.3 is 0 Å². The van der Waals surface area contributed by atoms with E-state index in [4.69, 9.17) is 9.47 Å². The molecule has 1 amide bonds. The normalized spacial score (nSPS) is 19.9. The number of amides is 1. The predicted octanol–water partition coefficient (Wildman–Crippen LogP) is 14.0. The van der Waals surface area contributed by atoms with Crippen molar-refractivity contribution in [3.63, 3.8) is 0 Å². The number of unbranched alkanes of at least 4 members (excludes halogenated alkanes) is 35. The van der Waals surface area contributed by atoms with Gasteiger partial charge in [0.05, 0.1) is 25.4 Å². The van der Waals surface area contributed by atoms with Gasteiger partial charge in [-0.15, -0.1) is 0 Å². The molecule has 0 aliphatic carbocycles. The lowest BCUT2D eigenvalue weighted by atomic mass is 9.99. The standard InChI is InChI=1S/C58H109NO8/c1-3-5-7-9-11-13-15-16-17-18-19-20-21-22-23-24-25-26-27-28-29-30-31-32-33-34-35-36-38-39-41-43-45-47-52(61)51(50-66-58-57(65)56(64)55(63)53(49-60)67-58)59-54(62)48-46-44-42-40-37-14-12-10-8-6-4-2/h33-34,38-39,45,47,51-53,55-58,60-61,63-65H,3-32,35-37,40-44,46,48-50H2,1-2H3,(H,59,62)/b34-33+,39-38+,47-45+. The van der Waals surface area contributed by atoms with E-state index in [1.165, 1.54) is 205 Å². The van der Waals surface area contributed by atoms with Crippen molar-refractivity contribution in [2.45, 2.75) is 314 Å². The summed E-state index contributed by atoms with van der Waals surface area (Å²) in [5.41, 5.74) is 0. The van der Waals surface area contributed by atoms with Gasteiger partial charge in [0.15, 0.2) is 6.29 Å². The summed E-state index contributed by atoms with van der Waals surface area (Å²) in [5.74, 6) is -0.191. The zero-order valence-corrected chi connectivity index (χ0v) is 43.7. The van der Waals surface area contributed by atoms with Gasteiger partial charge in [-0.25, -0.2) is 0 Å². The van der Waals surface area contributed by atoms with Crippen molar-refractivity contribution in [3.05, 3.63) is 36.5 Å². The molecule has 1 aliphatic rings. The molecule has 9 heteroatoms. The molecular formula is C58H109NO8. The van der Waals surface area contributed by atoms with Crippen LogP contribution in [0.2, 0.25) is 0 Å². The minimum absolute atomic E-state index is 0.191. The summed E-state index contributed by atoms with van der Waals surface area (Å²) in [7, 11) is 0. The number of aliphatic hydroxyl groups excluding tert-OH is 5. The van der Waals surface area contributed by atoms with Gasteiger partial charge in [0.2, 0.25) is 5.91 Å². The SMILES string of the molecule is CCCCCCCCCCCCCCCCCCCCCCCCC/C=C/CC/C=C/CC/C=C/C(O)C(COC1OC(CO)C(O)C(O)C1O)NC(=O)CCCCCCCCCCCCC. The van der Waals surface area contributed by atoms with Crippen LogP contribution < -0.4 is 5.32 Å². The molecule has 7 unspecified atom stereocenters. The fourth-order valence-corrected chi connectivity index (χ4v) is 9.13. The van der Waals surface area contributed by atoms with Crippen LogP contribution in [0.15, 0.2) is 36.5 Å². The van der Waals surface area contributed by atoms with Crippen molar-refractivity contribution >= 4 is 5.91 Å². The second-order valence-electron chi connectivity index (χ2n) is 20.1.